The Kier molecular flexibility index (Phi) is 7.05. The highest BCUT2D eigenvalue weighted by atomic mass is 16.8. The molecule has 0 spiro atoms. The third-order valence-corrected chi connectivity index (χ3v) is 6.64. The molecule has 4 fully saturated rings. The van der Waals surface area contributed by atoms with Crippen LogP contribution in [-0.2, 0) is 28.4 Å². The number of hydrogen-bond donors (Lipinski definition) is 9. The van der Waals surface area contributed by atoms with Gasteiger partial charge in [0, 0.05) is 0 Å². The highest BCUT2D eigenvalue weighted by Crippen LogP contribution is 2.41. The lowest BCUT2D eigenvalue weighted by Crippen LogP contribution is -2.56. The van der Waals surface area contributed by atoms with Crippen molar-refractivity contribution < 1.29 is 74.4 Å². The molecular weight excluding hydrogens is 456 g/mol. The second-order valence-electron chi connectivity index (χ2n) is 8.62. The Balaban J connectivity index is 1.57. The zero-order chi connectivity index (χ0) is 24.2. The van der Waals surface area contributed by atoms with Crippen LogP contribution in [0.5, 0.6) is 0 Å². The van der Waals surface area contributed by atoms with E-state index in [-0.39, 0.29) is 0 Å². The number of aliphatic hydroxyl groups excluding tert-OH is 9. The molecule has 4 rings (SSSR count). The first-order chi connectivity index (χ1) is 15.6. The molecule has 192 valence electrons. The van der Waals surface area contributed by atoms with Crippen LogP contribution < -0.4 is 0 Å². The minimum atomic E-state index is -2.21. The molecule has 4 heterocycles. The van der Waals surface area contributed by atoms with Crippen molar-refractivity contribution in [3.8, 4) is 0 Å². The van der Waals surface area contributed by atoms with Gasteiger partial charge in [0.25, 0.3) is 0 Å². The SMILES string of the molecule is OCC1OC(CO)(OCC23OCC4OC(CO)(OCC(O2)C(O)C3O)C(O)C4O)C(O)C1O. The van der Waals surface area contributed by atoms with Gasteiger partial charge in [-0.2, -0.15) is 0 Å². The predicted octanol–water partition coefficient (Wildman–Crippen LogP) is -6.52. The van der Waals surface area contributed by atoms with Crippen molar-refractivity contribution in [2.45, 2.75) is 72.3 Å². The van der Waals surface area contributed by atoms with Gasteiger partial charge < -0.3 is 74.4 Å². The van der Waals surface area contributed by atoms with E-state index in [0.717, 1.165) is 0 Å². The van der Waals surface area contributed by atoms with Gasteiger partial charge in [-0.15, -0.1) is 0 Å². The Morgan fingerprint density at radius 1 is 0.667 bits per heavy atom. The van der Waals surface area contributed by atoms with E-state index < -0.39 is 112 Å². The van der Waals surface area contributed by atoms with Crippen LogP contribution in [0.2, 0.25) is 0 Å². The van der Waals surface area contributed by atoms with E-state index in [4.69, 9.17) is 28.4 Å². The van der Waals surface area contributed by atoms with Gasteiger partial charge >= 0.3 is 0 Å². The summed E-state index contributed by atoms with van der Waals surface area (Å²) in [4.78, 5) is 0. The Bertz CT molecular complexity index is 698. The lowest BCUT2D eigenvalue weighted by molar-refractivity contribution is -0.356. The summed E-state index contributed by atoms with van der Waals surface area (Å²) in [7, 11) is 0. The molecule has 0 aromatic rings. The molecule has 4 aliphatic rings. The van der Waals surface area contributed by atoms with Crippen molar-refractivity contribution in [3.63, 3.8) is 0 Å². The van der Waals surface area contributed by atoms with Crippen molar-refractivity contribution in [2.75, 3.05) is 39.6 Å². The number of rotatable bonds is 6. The largest absolute Gasteiger partial charge is 0.394 e. The highest BCUT2D eigenvalue weighted by molar-refractivity contribution is 5.03. The van der Waals surface area contributed by atoms with Gasteiger partial charge in [-0.25, -0.2) is 0 Å². The summed E-state index contributed by atoms with van der Waals surface area (Å²) in [5.74, 6) is -6.36. The fraction of sp³-hybridized carbons (Fsp3) is 1.00. The molecule has 15 heteroatoms. The maximum absolute atomic E-state index is 10.7. The van der Waals surface area contributed by atoms with E-state index in [9.17, 15) is 46.0 Å². The summed E-state index contributed by atoms with van der Waals surface area (Å²) >= 11 is 0. The fourth-order valence-corrected chi connectivity index (χ4v) is 4.53. The average Bonchev–Trinajstić information content (AvgIpc) is 3.32. The monoisotopic (exact) mass is 486 g/mol. The van der Waals surface area contributed by atoms with E-state index in [2.05, 4.69) is 0 Å². The Morgan fingerprint density at radius 3 is 1.73 bits per heavy atom. The van der Waals surface area contributed by atoms with E-state index in [0.29, 0.717) is 0 Å². The second kappa shape index (κ2) is 9.12. The van der Waals surface area contributed by atoms with Crippen molar-refractivity contribution in [3.05, 3.63) is 0 Å². The maximum Gasteiger partial charge on any atom is 0.222 e. The minimum absolute atomic E-state index is 0.504. The summed E-state index contributed by atoms with van der Waals surface area (Å²) in [6.45, 7) is -4.27. The lowest BCUT2D eigenvalue weighted by Gasteiger charge is -2.38. The minimum Gasteiger partial charge on any atom is -0.394 e. The summed E-state index contributed by atoms with van der Waals surface area (Å²) in [5, 5.41) is 91.0. The molecule has 0 radical (unpaired) electrons. The van der Waals surface area contributed by atoms with E-state index in [1.807, 2.05) is 0 Å². The van der Waals surface area contributed by atoms with Crippen LogP contribution in [-0.4, -0.2) is 158 Å². The molecule has 15 nitrogen and oxygen atoms in total. The van der Waals surface area contributed by atoms with Gasteiger partial charge in [-0.3, -0.25) is 0 Å². The van der Waals surface area contributed by atoms with Gasteiger partial charge in [0.1, 0.15) is 74.8 Å². The average molecular weight is 486 g/mol. The first-order valence-corrected chi connectivity index (χ1v) is 10.4. The van der Waals surface area contributed by atoms with Gasteiger partial charge in [0.2, 0.25) is 17.4 Å². The van der Waals surface area contributed by atoms with E-state index in [1.165, 1.54) is 0 Å². The number of aliphatic hydroxyl groups is 9. The number of fused-ring (bicyclic) bond motifs is 4. The third-order valence-electron chi connectivity index (χ3n) is 6.64. The van der Waals surface area contributed by atoms with E-state index >= 15 is 0 Å². The van der Waals surface area contributed by atoms with Crippen molar-refractivity contribution in [2.24, 2.45) is 0 Å². The molecule has 4 aliphatic heterocycles. The van der Waals surface area contributed by atoms with E-state index in [1.54, 1.807) is 0 Å². The Labute approximate surface area is 187 Å². The molecule has 0 saturated carbocycles. The second-order valence-corrected chi connectivity index (χ2v) is 8.62. The quantitative estimate of drug-likeness (QED) is 0.170. The predicted molar refractivity (Wildman–Crippen MR) is 98.0 cm³/mol. The molecule has 0 aromatic carbocycles. The molecule has 4 saturated heterocycles. The zero-order valence-electron chi connectivity index (χ0n) is 17.4. The van der Waals surface area contributed by atoms with Crippen LogP contribution in [0.25, 0.3) is 0 Å². The topological polar surface area (TPSA) is 237 Å². The first kappa shape index (κ1) is 25.5. The molecular formula is C18H30O15. The van der Waals surface area contributed by atoms with Gasteiger partial charge in [-0.1, -0.05) is 0 Å². The first-order valence-electron chi connectivity index (χ1n) is 10.4. The molecule has 0 amide bonds. The summed E-state index contributed by atoms with van der Waals surface area (Å²) in [5.41, 5.74) is 0. The molecule has 12 atom stereocenters. The number of ether oxygens (including phenoxy) is 6. The molecule has 33 heavy (non-hydrogen) atoms. The van der Waals surface area contributed by atoms with Crippen LogP contribution in [0.4, 0.5) is 0 Å². The summed E-state index contributed by atoms with van der Waals surface area (Å²) in [6, 6.07) is 0. The molecule has 9 N–H and O–H groups in total. The fourth-order valence-electron chi connectivity index (χ4n) is 4.53. The Hall–Kier alpha value is -0.600. The van der Waals surface area contributed by atoms with Crippen LogP contribution >= 0.6 is 0 Å². The van der Waals surface area contributed by atoms with Crippen LogP contribution in [0.3, 0.4) is 0 Å². The van der Waals surface area contributed by atoms with Crippen molar-refractivity contribution >= 4 is 0 Å². The highest BCUT2D eigenvalue weighted by Gasteiger charge is 2.63. The zero-order valence-corrected chi connectivity index (χ0v) is 17.4. The van der Waals surface area contributed by atoms with Gasteiger partial charge in [-0.05, 0) is 0 Å². The molecule has 0 aromatic heterocycles. The summed E-state index contributed by atoms with van der Waals surface area (Å²) in [6.07, 6.45) is -13.7. The number of hydrogen-bond acceptors (Lipinski definition) is 15. The van der Waals surface area contributed by atoms with Crippen LogP contribution in [0, 0.1) is 0 Å². The third kappa shape index (κ3) is 3.90. The molecule has 0 aliphatic carbocycles. The molecule has 12 unspecified atom stereocenters. The normalized spacial score (nSPS) is 54.6. The van der Waals surface area contributed by atoms with Crippen LogP contribution in [0.15, 0.2) is 0 Å². The van der Waals surface area contributed by atoms with Crippen LogP contribution in [0.1, 0.15) is 0 Å². The Morgan fingerprint density at radius 2 is 1.21 bits per heavy atom. The van der Waals surface area contributed by atoms with Crippen molar-refractivity contribution in [1.29, 1.82) is 0 Å². The standard InChI is InChI=1S/C18H30O15/c19-1-7-10(22)13(25)17(5-21,31-7)30-6-18-15(27)12(24)9(33-18)2-28-16(4-20)14(26)11(23)8(32-16)3-29-18/h7-15,19-27H,1-6H2. The van der Waals surface area contributed by atoms with Gasteiger partial charge in [0.05, 0.1) is 19.8 Å². The van der Waals surface area contributed by atoms with Crippen molar-refractivity contribution in [1.82, 2.24) is 0 Å². The molecule has 4 bridgehead atoms. The summed E-state index contributed by atoms with van der Waals surface area (Å²) < 4.78 is 33.1. The maximum atomic E-state index is 10.7. The smallest absolute Gasteiger partial charge is 0.222 e. The van der Waals surface area contributed by atoms with Gasteiger partial charge in [0.15, 0.2) is 0 Å². The lowest BCUT2D eigenvalue weighted by atomic mass is 10.0.